The monoisotopic (exact) mass is 495 g/mol. The maximum atomic E-state index is 13.0. The number of nitrogens with zero attached hydrogens (tertiary/aromatic N) is 3. The summed E-state index contributed by atoms with van der Waals surface area (Å²) in [5.74, 6) is 0.328. The number of sulfonamides is 1. The first-order chi connectivity index (χ1) is 16.4. The summed E-state index contributed by atoms with van der Waals surface area (Å²) in [7, 11) is -3.64. The summed E-state index contributed by atoms with van der Waals surface area (Å²) in [6.45, 7) is 1.19. The number of ether oxygens (including phenoxy) is 1. The standard InChI is InChI=1S/C25H22ClN3O4S/c26-22-8-10-24(11-9-22)34(31,32)29-14-12-28(13-15-29)25(30)19-6-3-7-23(16-19)33-18-21-5-2-1-4-20(21)17-27/h1-11,16H,12-15,18H2. The van der Waals surface area contributed by atoms with Crippen molar-refractivity contribution in [1.82, 2.24) is 9.21 Å². The Bertz CT molecular complexity index is 1330. The molecule has 0 aliphatic carbocycles. The number of carbonyl (C=O) groups is 1. The average molecular weight is 496 g/mol. The lowest BCUT2D eigenvalue weighted by Gasteiger charge is -2.34. The molecule has 0 atom stereocenters. The molecule has 1 fully saturated rings. The normalized spacial score (nSPS) is 14.4. The van der Waals surface area contributed by atoms with Gasteiger partial charge < -0.3 is 9.64 Å². The second kappa shape index (κ2) is 10.3. The Labute approximate surface area is 203 Å². The van der Waals surface area contributed by atoms with Crippen LogP contribution in [0.4, 0.5) is 0 Å². The molecular weight excluding hydrogens is 474 g/mol. The molecule has 9 heteroatoms. The third-order valence-corrected chi connectivity index (χ3v) is 7.76. The molecule has 3 aromatic rings. The zero-order chi connectivity index (χ0) is 24.1. The van der Waals surface area contributed by atoms with E-state index in [0.29, 0.717) is 21.9 Å². The van der Waals surface area contributed by atoms with Crippen molar-refractivity contribution in [3.63, 3.8) is 0 Å². The van der Waals surface area contributed by atoms with Crippen LogP contribution < -0.4 is 4.74 Å². The van der Waals surface area contributed by atoms with Gasteiger partial charge in [-0.05, 0) is 48.5 Å². The summed E-state index contributed by atoms with van der Waals surface area (Å²) in [5.41, 5.74) is 1.76. The number of piperazine rings is 1. The van der Waals surface area contributed by atoms with Gasteiger partial charge in [0.15, 0.2) is 0 Å². The zero-order valence-electron chi connectivity index (χ0n) is 18.2. The van der Waals surface area contributed by atoms with Gasteiger partial charge in [-0.3, -0.25) is 4.79 Å². The molecule has 0 saturated carbocycles. The number of carbonyl (C=O) groups excluding carboxylic acids is 1. The molecule has 1 aliphatic rings. The maximum Gasteiger partial charge on any atom is 0.254 e. The van der Waals surface area contributed by atoms with E-state index < -0.39 is 10.0 Å². The molecule has 174 valence electrons. The van der Waals surface area contributed by atoms with Crippen molar-refractivity contribution in [1.29, 1.82) is 5.26 Å². The van der Waals surface area contributed by atoms with Crippen LogP contribution in [0.2, 0.25) is 5.02 Å². The summed E-state index contributed by atoms with van der Waals surface area (Å²) < 4.78 is 32.9. The number of benzene rings is 3. The quantitative estimate of drug-likeness (QED) is 0.516. The van der Waals surface area contributed by atoms with Gasteiger partial charge in [0, 0.05) is 42.3 Å². The van der Waals surface area contributed by atoms with E-state index in [1.165, 1.54) is 16.4 Å². The van der Waals surface area contributed by atoms with Gasteiger partial charge in [-0.2, -0.15) is 9.57 Å². The smallest absolute Gasteiger partial charge is 0.254 e. The van der Waals surface area contributed by atoms with Crippen molar-refractivity contribution >= 4 is 27.5 Å². The summed E-state index contributed by atoms with van der Waals surface area (Å²) in [6.07, 6.45) is 0. The first-order valence-corrected chi connectivity index (χ1v) is 12.5. The zero-order valence-corrected chi connectivity index (χ0v) is 19.8. The molecule has 0 N–H and O–H groups in total. The molecule has 0 radical (unpaired) electrons. The number of amides is 1. The highest BCUT2D eigenvalue weighted by Gasteiger charge is 2.30. The Hall–Kier alpha value is -3.38. The molecule has 7 nitrogen and oxygen atoms in total. The predicted octanol–water partition coefficient (Wildman–Crippen LogP) is 3.94. The van der Waals surface area contributed by atoms with E-state index in [2.05, 4.69) is 6.07 Å². The molecule has 4 rings (SSSR count). The van der Waals surface area contributed by atoms with Crippen LogP contribution in [0, 0.1) is 11.3 Å². The maximum absolute atomic E-state index is 13.0. The van der Waals surface area contributed by atoms with Crippen molar-refractivity contribution < 1.29 is 17.9 Å². The Morgan fingerprint density at radius 1 is 0.971 bits per heavy atom. The number of hydrogen-bond donors (Lipinski definition) is 0. The third-order valence-electron chi connectivity index (χ3n) is 5.59. The largest absolute Gasteiger partial charge is 0.489 e. The van der Waals surface area contributed by atoms with Crippen molar-refractivity contribution in [2.45, 2.75) is 11.5 Å². The summed E-state index contributed by atoms with van der Waals surface area (Å²) in [5, 5.41) is 9.69. The topological polar surface area (TPSA) is 90.7 Å². The van der Waals surface area contributed by atoms with Gasteiger partial charge in [-0.1, -0.05) is 35.9 Å². The second-order valence-electron chi connectivity index (χ2n) is 7.74. The van der Waals surface area contributed by atoms with E-state index in [1.54, 1.807) is 53.4 Å². The molecule has 0 bridgehead atoms. The SMILES string of the molecule is N#Cc1ccccc1COc1cccc(C(=O)N2CCN(S(=O)(=O)c3ccc(Cl)cc3)CC2)c1. The van der Waals surface area contributed by atoms with Crippen molar-refractivity contribution in [2.75, 3.05) is 26.2 Å². The van der Waals surface area contributed by atoms with E-state index in [-0.39, 0.29) is 43.6 Å². The number of halogens is 1. The fourth-order valence-corrected chi connectivity index (χ4v) is 5.25. The van der Waals surface area contributed by atoms with E-state index in [9.17, 15) is 18.5 Å². The first-order valence-electron chi connectivity index (χ1n) is 10.6. The number of rotatable bonds is 6. The number of hydrogen-bond acceptors (Lipinski definition) is 5. The van der Waals surface area contributed by atoms with Gasteiger partial charge in [0.2, 0.25) is 10.0 Å². The molecule has 1 saturated heterocycles. The Morgan fingerprint density at radius 2 is 1.68 bits per heavy atom. The molecule has 3 aromatic carbocycles. The molecule has 0 unspecified atom stereocenters. The van der Waals surface area contributed by atoms with Crippen molar-refractivity contribution in [3.05, 3.63) is 94.5 Å². The van der Waals surface area contributed by atoms with Crippen LogP contribution in [-0.4, -0.2) is 49.7 Å². The van der Waals surface area contributed by atoms with E-state index in [4.69, 9.17) is 16.3 Å². The fourth-order valence-electron chi connectivity index (χ4n) is 3.70. The highest BCUT2D eigenvalue weighted by atomic mass is 35.5. The fraction of sp³-hybridized carbons (Fsp3) is 0.200. The Balaban J connectivity index is 1.39. The van der Waals surface area contributed by atoms with Crippen LogP contribution in [0.3, 0.4) is 0 Å². The van der Waals surface area contributed by atoms with Crippen LogP contribution in [0.5, 0.6) is 5.75 Å². The molecule has 0 spiro atoms. The van der Waals surface area contributed by atoms with Crippen LogP contribution in [0.1, 0.15) is 21.5 Å². The Morgan fingerprint density at radius 3 is 2.38 bits per heavy atom. The average Bonchev–Trinajstić information content (AvgIpc) is 2.87. The van der Waals surface area contributed by atoms with Gasteiger partial charge in [0.1, 0.15) is 12.4 Å². The third kappa shape index (κ3) is 5.23. The van der Waals surface area contributed by atoms with Crippen LogP contribution >= 0.6 is 11.6 Å². The van der Waals surface area contributed by atoms with Crippen LogP contribution in [-0.2, 0) is 16.6 Å². The molecular formula is C25H22ClN3O4S. The van der Waals surface area contributed by atoms with Gasteiger partial charge in [0.05, 0.1) is 16.5 Å². The minimum atomic E-state index is -3.64. The molecule has 1 heterocycles. The van der Waals surface area contributed by atoms with E-state index in [0.717, 1.165) is 5.56 Å². The minimum absolute atomic E-state index is 0.180. The lowest BCUT2D eigenvalue weighted by molar-refractivity contribution is 0.0697. The van der Waals surface area contributed by atoms with Gasteiger partial charge in [-0.25, -0.2) is 8.42 Å². The van der Waals surface area contributed by atoms with Gasteiger partial charge in [0.25, 0.3) is 5.91 Å². The molecule has 34 heavy (non-hydrogen) atoms. The first kappa shape index (κ1) is 23.8. The molecule has 0 aromatic heterocycles. The number of nitriles is 1. The Kier molecular flexibility index (Phi) is 7.17. The highest BCUT2D eigenvalue weighted by molar-refractivity contribution is 7.89. The van der Waals surface area contributed by atoms with Gasteiger partial charge >= 0.3 is 0 Å². The van der Waals surface area contributed by atoms with Crippen molar-refractivity contribution in [2.24, 2.45) is 0 Å². The lowest BCUT2D eigenvalue weighted by atomic mass is 10.1. The van der Waals surface area contributed by atoms with Gasteiger partial charge in [-0.15, -0.1) is 0 Å². The summed E-state index contributed by atoms with van der Waals surface area (Å²) >= 11 is 5.86. The highest BCUT2D eigenvalue weighted by Crippen LogP contribution is 2.22. The minimum Gasteiger partial charge on any atom is -0.489 e. The lowest BCUT2D eigenvalue weighted by Crippen LogP contribution is -2.50. The van der Waals surface area contributed by atoms with Crippen LogP contribution in [0.15, 0.2) is 77.7 Å². The summed E-state index contributed by atoms with van der Waals surface area (Å²) in [4.78, 5) is 14.9. The molecule has 1 amide bonds. The van der Waals surface area contributed by atoms with E-state index >= 15 is 0 Å². The van der Waals surface area contributed by atoms with Crippen molar-refractivity contribution in [3.8, 4) is 11.8 Å². The van der Waals surface area contributed by atoms with E-state index in [1.807, 2.05) is 12.1 Å². The second-order valence-corrected chi connectivity index (χ2v) is 10.1. The predicted molar refractivity (Wildman–Crippen MR) is 128 cm³/mol. The van der Waals surface area contributed by atoms with Crippen LogP contribution in [0.25, 0.3) is 0 Å². The summed E-state index contributed by atoms with van der Waals surface area (Å²) in [6, 6.07) is 22.2. The molecule has 1 aliphatic heterocycles.